The van der Waals surface area contributed by atoms with E-state index in [1.807, 2.05) is 30.3 Å². The summed E-state index contributed by atoms with van der Waals surface area (Å²) in [5.74, 6) is 0.601. The Morgan fingerprint density at radius 1 is 1.26 bits per heavy atom. The molecule has 0 aliphatic carbocycles. The molecule has 1 aromatic heterocycles. The molecule has 6 heteroatoms. The molecule has 5 nitrogen and oxygen atoms in total. The predicted molar refractivity (Wildman–Crippen MR) is 81.5 cm³/mol. The molecular weight excluding hydrogens is 355 g/mol. The van der Waals surface area contributed by atoms with Gasteiger partial charge in [-0.05, 0) is 28.2 Å². The van der Waals surface area contributed by atoms with E-state index in [2.05, 4.69) is 43.2 Å². The maximum atomic E-state index is 11.7. The van der Waals surface area contributed by atoms with Gasteiger partial charge in [0.15, 0.2) is 0 Å². The van der Waals surface area contributed by atoms with Gasteiger partial charge in [-0.25, -0.2) is 9.97 Å². The number of hydrogen-bond acceptors (Lipinski definition) is 4. The van der Waals surface area contributed by atoms with Crippen LogP contribution in [-0.4, -0.2) is 22.4 Å². The molecule has 1 amide bonds. The third-order valence-corrected chi connectivity index (χ3v) is 3.21. The second-order valence-corrected chi connectivity index (χ2v) is 5.00. The van der Waals surface area contributed by atoms with E-state index < -0.39 is 0 Å². The molecule has 1 aromatic carbocycles. The van der Waals surface area contributed by atoms with Crippen molar-refractivity contribution in [3.8, 4) is 0 Å². The van der Waals surface area contributed by atoms with Gasteiger partial charge in [-0.1, -0.05) is 30.3 Å². The lowest BCUT2D eigenvalue weighted by atomic mass is 10.2. The van der Waals surface area contributed by atoms with E-state index in [1.54, 1.807) is 6.20 Å². The van der Waals surface area contributed by atoms with Crippen LogP contribution in [0.3, 0.4) is 0 Å². The van der Waals surface area contributed by atoms with Crippen LogP contribution in [0.2, 0.25) is 0 Å². The second kappa shape index (κ2) is 7.03. The molecule has 2 aromatic rings. The molecule has 0 saturated carbocycles. The van der Waals surface area contributed by atoms with Crippen LogP contribution >= 0.6 is 22.6 Å². The van der Waals surface area contributed by atoms with Gasteiger partial charge < -0.3 is 10.6 Å². The van der Waals surface area contributed by atoms with Gasteiger partial charge in [0.05, 0.1) is 10.1 Å². The van der Waals surface area contributed by atoms with E-state index in [-0.39, 0.29) is 12.5 Å². The minimum absolute atomic E-state index is 0.0711. The zero-order valence-electron chi connectivity index (χ0n) is 10.1. The summed E-state index contributed by atoms with van der Waals surface area (Å²) in [5, 5.41) is 5.82. The first-order valence-corrected chi connectivity index (χ1v) is 6.83. The highest BCUT2D eigenvalue weighted by Crippen LogP contribution is 2.11. The van der Waals surface area contributed by atoms with Gasteiger partial charge in [-0.3, -0.25) is 4.79 Å². The Balaban J connectivity index is 1.78. The maximum Gasteiger partial charge on any atom is 0.239 e. The summed E-state index contributed by atoms with van der Waals surface area (Å²) in [4.78, 5) is 19.6. The highest BCUT2D eigenvalue weighted by atomic mass is 127. The van der Waals surface area contributed by atoms with Crippen molar-refractivity contribution in [3.63, 3.8) is 0 Å². The van der Waals surface area contributed by atoms with Crippen molar-refractivity contribution in [1.82, 2.24) is 15.3 Å². The number of nitrogens with zero attached hydrogens (tertiary/aromatic N) is 2. The molecule has 0 bridgehead atoms. The molecular formula is C13H13IN4O. The number of carbonyl (C=O) groups excluding carboxylic acids is 1. The summed E-state index contributed by atoms with van der Waals surface area (Å²) < 4.78 is 0.885. The first kappa shape index (κ1) is 13.7. The average Bonchev–Trinajstić information content (AvgIpc) is 2.45. The van der Waals surface area contributed by atoms with E-state index >= 15 is 0 Å². The first-order valence-electron chi connectivity index (χ1n) is 5.75. The predicted octanol–water partition coefficient (Wildman–Crippen LogP) is 1.81. The summed E-state index contributed by atoms with van der Waals surface area (Å²) in [6.07, 6.45) is 3.14. The summed E-state index contributed by atoms with van der Waals surface area (Å²) in [5.41, 5.74) is 1.08. The van der Waals surface area contributed by atoms with E-state index in [4.69, 9.17) is 0 Å². The number of rotatable bonds is 5. The highest BCUT2D eigenvalue weighted by molar-refractivity contribution is 14.1. The molecule has 2 rings (SSSR count). The first-order chi connectivity index (χ1) is 9.25. The van der Waals surface area contributed by atoms with Crippen molar-refractivity contribution < 1.29 is 4.79 Å². The fourth-order valence-corrected chi connectivity index (χ4v) is 1.96. The van der Waals surface area contributed by atoms with Gasteiger partial charge in [0.25, 0.3) is 0 Å². The third kappa shape index (κ3) is 4.47. The molecule has 0 aliphatic rings. The van der Waals surface area contributed by atoms with Gasteiger partial charge in [0.1, 0.15) is 12.1 Å². The SMILES string of the molecule is O=C(CNc1ncncc1I)NCc1ccccc1. The zero-order chi connectivity index (χ0) is 13.5. The monoisotopic (exact) mass is 368 g/mol. The van der Waals surface area contributed by atoms with Crippen molar-refractivity contribution in [1.29, 1.82) is 0 Å². The number of anilines is 1. The van der Waals surface area contributed by atoms with Crippen LogP contribution in [0, 0.1) is 3.57 Å². The highest BCUT2D eigenvalue weighted by Gasteiger charge is 2.04. The second-order valence-electron chi connectivity index (χ2n) is 3.84. The lowest BCUT2D eigenvalue weighted by molar-refractivity contribution is -0.119. The Labute approximate surface area is 125 Å². The molecule has 0 unspecified atom stereocenters. The molecule has 0 saturated heterocycles. The largest absolute Gasteiger partial charge is 0.360 e. The Kier molecular flexibility index (Phi) is 5.08. The molecule has 1 heterocycles. The minimum atomic E-state index is -0.0711. The normalized spacial score (nSPS) is 9.95. The van der Waals surface area contributed by atoms with Gasteiger partial charge in [-0.15, -0.1) is 0 Å². The molecule has 2 N–H and O–H groups in total. The topological polar surface area (TPSA) is 66.9 Å². The van der Waals surface area contributed by atoms with Crippen LogP contribution in [0.25, 0.3) is 0 Å². The maximum absolute atomic E-state index is 11.7. The molecule has 19 heavy (non-hydrogen) atoms. The fraction of sp³-hybridized carbons (Fsp3) is 0.154. The van der Waals surface area contributed by atoms with E-state index in [0.717, 1.165) is 9.13 Å². The van der Waals surface area contributed by atoms with Crippen LogP contribution in [0.15, 0.2) is 42.9 Å². The van der Waals surface area contributed by atoms with Crippen molar-refractivity contribution in [2.75, 3.05) is 11.9 Å². The smallest absolute Gasteiger partial charge is 0.239 e. The van der Waals surface area contributed by atoms with Gasteiger partial charge in [0, 0.05) is 12.7 Å². The Morgan fingerprint density at radius 2 is 2.05 bits per heavy atom. The summed E-state index contributed by atoms with van der Waals surface area (Å²) in [7, 11) is 0. The number of aromatic nitrogens is 2. The van der Waals surface area contributed by atoms with E-state index in [9.17, 15) is 4.79 Å². The average molecular weight is 368 g/mol. The number of amides is 1. The Bertz CT molecular complexity index is 547. The number of halogens is 1. The molecule has 98 valence electrons. The van der Waals surface area contributed by atoms with E-state index in [1.165, 1.54) is 6.33 Å². The molecule has 0 spiro atoms. The lowest BCUT2D eigenvalue weighted by Gasteiger charge is -2.08. The summed E-state index contributed by atoms with van der Waals surface area (Å²) >= 11 is 2.12. The van der Waals surface area contributed by atoms with Crippen molar-refractivity contribution in [2.24, 2.45) is 0 Å². The Hall–Kier alpha value is -1.70. The van der Waals surface area contributed by atoms with Gasteiger partial charge in [0.2, 0.25) is 5.91 Å². The summed E-state index contributed by atoms with van der Waals surface area (Å²) in [6, 6.07) is 9.79. The quantitative estimate of drug-likeness (QED) is 0.791. The van der Waals surface area contributed by atoms with Crippen molar-refractivity contribution >= 4 is 34.3 Å². The number of hydrogen-bond donors (Lipinski definition) is 2. The molecule has 0 atom stereocenters. The van der Waals surface area contributed by atoms with Crippen LogP contribution in [0.5, 0.6) is 0 Å². The Morgan fingerprint density at radius 3 is 2.79 bits per heavy atom. The van der Waals surface area contributed by atoms with E-state index in [0.29, 0.717) is 12.4 Å². The fourth-order valence-electron chi connectivity index (χ4n) is 1.47. The van der Waals surface area contributed by atoms with Gasteiger partial charge >= 0.3 is 0 Å². The number of nitrogens with one attached hydrogen (secondary N) is 2. The number of carbonyl (C=O) groups is 1. The lowest BCUT2D eigenvalue weighted by Crippen LogP contribution is -2.29. The van der Waals surface area contributed by atoms with Crippen LogP contribution < -0.4 is 10.6 Å². The zero-order valence-corrected chi connectivity index (χ0v) is 12.3. The van der Waals surface area contributed by atoms with Crippen LogP contribution in [0.4, 0.5) is 5.82 Å². The van der Waals surface area contributed by atoms with Gasteiger partial charge in [-0.2, -0.15) is 0 Å². The summed E-state index contributed by atoms with van der Waals surface area (Å²) in [6.45, 7) is 0.724. The van der Waals surface area contributed by atoms with Crippen molar-refractivity contribution in [2.45, 2.75) is 6.54 Å². The molecule has 0 radical (unpaired) electrons. The number of benzene rings is 1. The van der Waals surface area contributed by atoms with Crippen molar-refractivity contribution in [3.05, 3.63) is 52.0 Å². The van der Waals surface area contributed by atoms with Crippen LogP contribution in [-0.2, 0) is 11.3 Å². The minimum Gasteiger partial charge on any atom is -0.360 e. The third-order valence-electron chi connectivity index (χ3n) is 2.42. The standard InChI is InChI=1S/C13H13IN4O/c14-11-7-15-9-18-13(11)17-8-12(19)16-6-10-4-2-1-3-5-10/h1-5,7,9H,6,8H2,(H,16,19)(H,15,17,18). The van der Waals surface area contributed by atoms with Crippen LogP contribution in [0.1, 0.15) is 5.56 Å². The molecule has 0 fully saturated rings. The molecule has 0 aliphatic heterocycles.